The number of aryl methyl sites for hydroxylation is 2. The summed E-state index contributed by atoms with van der Waals surface area (Å²) in [5.41, 5.74) is 2.56. The van der Waals surface area contributed by atoms with Crippen LogP contribution in [0, 0.1) is 19.3 Å². The number of nitrogens with one attached hydrogen (secondary N) is 2. The van der Waals surface area contributed by atoms with Crippen LogP contribution >= 0.6 is 0 Å². The summed E-state index contributed by atoms with van der Waals surface area (Å²) in [7, 11) is 1.72. The first kappa shape index (κ1) is 31.8. The quantitative estimate of drug-likeness (QED) is 0.479. The van der Waals surface area contributed by atoms with E-state index in [0.29, 0.717) is 42.5 Å². The summed E-state index contributed by atoms with van der Waals surface area (Å²) in [5, 5.41) is 9.28. The first-order valence-electron chi connectivity index (χ1n) is 14.8. The minimum Gasteiger partial charge on any atom is -0.341 e. The van der Waals surface area contributed by atoms with Crippen molar-refractivity contribution < 1.29 is 18.8 Å². The van der Waals surface area contributed by atoms with E-state index in [9.17, 15) is 23.6 Å². The van der Waals surface area contributed by atoms with Gasteiger partial charge in [0.05, 0.1) is 11.7 Å². The molecule has 3 amide bonds. The standard InChI is InChI=1S/C33H42FN5O4/c1-19-15-25(11-10-24(19)17-26-16-20(2)36-37-31(26)42)30(41)35-21(3)32(43)39-28(22(4)38(7)23(5)40)12-13-29(39)33(6)14-8-9-27(34)18-33/h8-11,15-16,18,21-22,28-29H,12-14,17H2,1-7H3,(H,35,41)(H,37,42)/t21-,22+,28-,29+,33?/m1/s1. The third-order valence-electron chi connectivity index (χ3n) is 9.12. The van der Waals surface area contributed by atoms with Crippen LogP contribution in [0.4, 0.5) is 4.39 Å². The van der Waals surface area contributed by atoms with Gasteiger partial charge in [0.1, 0.15) is 11.9 Å². The van der Waals surface area contributed by atoms with Crippen molar-refractivity contribution in [3.05, 3.63) is 86.6 Å². The summed E-state index contributed by atoms with van der Waals surface area (Å²) < 4.78 is 14.4. The lowest BCUT2D eigenvalue weighted by molar-refractivity contribution is -0.141. The van der Waals surface area contributed by atoms with Gasteiger partial charge in [-0.15, -0.1) is 0 Å². The minimum absolute atomic E-state index is 0.107. The van der Waals surface area contributed by atoms with E-state index in [1.165, 1.54) is 13.0 Å². The van der Waals surface area contributed by atoms with Crippen LogP contribution in [-0.2, 0) is 16.0 Å². The molecule has 5 atom stereocenters. The fourth-order valence-corrected chi connectivity index (χ4v) is 6.40. The molecule has 0 bridgehead atoms. The lowest BCUT2D eigenvalue weighted by Gasteiger charge is -2.44. The molecule has 0 saturated carbocycles. The van der Waals surface area contributed by atoms with Gasteiger partial charge in [-0.3, -0.25) is 19.2 Å². The fraction of sp³-hybridized carbons (Fsp3) is 0.485. The van der Waals surface area contributed by atoms with E-state index in [-0.39, 0.29) is 41.3 Å². The van der Waals surface area contributed by atoms with E-state index < -0.39 is 17.4 Å². The largest absolute Gasteiger partial charge is 0.341 e. The highest BCUT2D eigenvalue weighted by Gasteiger charge is 2.49. The summed E-state index contributed by atoms with van der Waals surface area (Å²) >= 11 is 0. The molecular weight excluding hydrogens is 549 g/mol. The minimum atomic E-state index is -0.861. The number of H-pyrrole nitrogens is 1. The summed E-state index contributed by atoms with van der Waals surface area (Å²) in [5.74, 6) is -1.10. The number of nitrogens with zero attached hydrogens (tertiary/aromatic N) is 3. The van der Waals surface area contributed by atoms with E-state index in [0.717, 1.165) is 11.1 Å². The Morgan fingerprint density at radius 1 is 1.19 bits per heavy atom. The highest BCUT2D eigenvalue weighted by molar-refractivity contribution is 5.97. The maximum absolute atomic E-state index is 14.4. The Bertz CT molecular complexity index is 1530. The summed E-state index contributed by atoms with van der Waals surface area (Å²) in [6.07, 6.45) is 7.12. The Kier molecular flexibility index (Phi) is 9.37. The van der Waals surface area contributed by atoms with Crippen LogP contribution in [-0.4, -0.2) is 68.9 Å². The van der Waals surface area contributed by atoms with E-state index >= 15 is 0 Å². The van der Waals surface area contributed by atoms with Gasteiger partial charge in [0.2, 0.25) is 11.8 Å². The maximum atomic E-state index is 14.4. The Morgan fingerprint density at radius 2 is 1.91 bits per heavy atom. The zero-order chi connectivity index (χ0) is 31.6. The molecule has 10 heteroatoms. The molecule has 4 rings (SSSR count). The Morgan fingerprint density at radius 3 is 2.56 bits per heavy atom. The number of aromatic amines is 1. The number of carbonyl (C=O) groups excluding carboxylic acids is 3. The van der Waals surface area contributed by atoms with Gasteiger partial charge in [-0.1, -0.05) is 19.1 Å². The third-order valence-corrected chi connectivity index (χ3v) is 9.12. The normalized spacial score (nSPS) is 23.0. The number of allylic oxidation sites excluding steroid dienone is 3. The van der Waals surface area contributed by atoms with Crippen molar-refractivity contribution in [3.63, 3.8) is 0 Å². The average Bonchev–Trinajstić information content (AvgIpc) is 3.40. The van der Waals surface area contributed by atoms with E-state index in [1.54, 1.807) is 61.0 Å². The van der Waals surface area contributed by atoms with Crippen molar-refractivity contribution in [2.45, 2.75) is 91.4 Å². The molecule has 1 aliphatic heterocycles. The van der Waals surface area contributed by atoms with Gasteiger partial charge < -0.3 is 15.1 Å². The van der Waals surface area contributed by atoms with Crippen molar-refractivity contribution in [3.8, 4) is 0 Å². The molecule has 0 radical (unpaired) electrons. The smallest absolute Gasteiger partial charge is 0.267 e. The van der Waals surface area contributed by atoms with Crippen LogP contribution < -0.4 is 10.9 Å². The highest BCUT2D eigenvalue weighted by atomic mass is 19.1. The monoisotopic (exact) mass is 591 g/mol. The van der Waals surface area contributed by atoms with Crippen LogP contribution in [0.5, 0.6) is 0 Å². The number of rotatable bonds is 8. The summed E-state index contributed by atoms with van der Waals surface area (Å²) in [6, 6.07) is 5.28. The number of hydrogen-bond donors (Lipinski definition) is 2. The summed E-state index contributed by atoms with van der Waals surface area (Å²) in [6.45, 7) is 10.7. The number of likely N-dealkylation sites (tertiary alicyclic amines) is 1. The maximum Gasteiger partial charge on any atom is 0.267 e. The van der Waals surface area contributed by atoms with Crippen molar-refractivity contribution >= 4 is 17.7 Å². The van der Waals surface area contributed by atoms with Gasteiger partial charge in [-0.05, 0) is 88.4 Å². The number of carbonyl (C=O) groups is 3. The topological polar surface area (TPSA) is 115 Å². The van der Waals surface area contributed by atoms with Crippen molar-refractivity contribution in [2.24, 2.45) is 5.41 Å². The molecule has 230 valence electrons. The number of likely N-dealkylation sites (N-methyl/N-ethyl adjacent to an activating group) is 1. The molecule has 2 N–H and O–H groups in total. The van der Waals surface area contributed by atoms with Crippen LogP contribution in [0.25, 0.3) is 0 Å². The second-order valence-corrected chi connectivity index (χ2v) is 12.3. The van der Waals surface area contributed by atoms with Crippen LogP contribution in [0.1, 0.15) is 79.7 Å². The first-order valence-corrected chi connectivity index (χ1v) is 14.8. The number of hydrogen-bond acceptors (Lipinski definition) is 5. The molecule has 0 spiro atoms. The van der Waals surface area contributed by atoms with Crippen molar-refractivity contribution in [1.29, 1.82) is 0 Å². The average molecular weight is 592 g/mol. The predicted molar refractivity (Wildman–Crippen MR) is 163 cm³/mol. The molecule has 1 unspecified atom stereocenters. The Labute approximate surface area is 252 Å². The first-order chi connectivity index (χ1) is 20.2. The van der Waals surface area contributed by atoms with Gasteiger partial charge in [0, 0.05) is 49.0 Å². The van der Waals surface area contributed by atoms with Crippen LogP contribution in [0.2, 0.25) is 0 Å². The molecule has 1 aliphatic carbocycles. The van der Waals surface area contributed by atoms with Crippen LogP contribution in [0.15, 0.2) is 53.1 Å². The summed E-state index contributed by atoms with van der Waals surface area (Å²) in [4.78, 5) is 55.3. The number of amides is 3. The lowest BCUT2D eigenvalue weighted by Crippen LogP contribution is -2.58. The second-order valence-electron chi connectivity index (χ2n) is 12.3. The Hall–Kier alpha value is -4.08. The second kappa shape index (κ2) is 12.7. The number of aromatic nitrogens is 2. The van der Waals surface area contributed by atoms with Crippen molar-refractivity contribution in [2.75, 3.05) is 7.05 Å². The van der Waals surface area contributed by atoms with E-state index in [4.69, 9.17) is 0 Å². The Balaban J connectivity index is 1.55. The van der Waals surface area contributed by atoms with Gasteiger partial charge in [0.25, 0.3) is 11.5 Å². The lowest BCUT2D eigenvalue weighted by atomic mass is 9.75. The molecule has 1 aromatic carbocycles. The van der Waals surface area contributed by atoms with E-state index in [1.807, 2.05) is 26.8 Å². The van der Waals surface area contributed by atoms with Crippen molar-refractivity contribution in [1.82, 2.24) is 25.3 Å². The van der Waals surface area contributed by atoms with Gasteiger partial charge >= 0.3 is 0 Å². The zero-order valence-corrected chi connectivity index (χ0v) is 26.0. The molecule has 1 aromatic heterocycles. The SMILES string of the molecule is CC(=O)N(C)[C@@H](C)[C@H]1CC[C@@H](C2(C)C=C(F)C=CC2)N1C(=O)[C@@H](C)NC(=O)c1ccc(Cc2cc(C)n[nH]c2=O)c(C)c1. The molecule has 2 heterocycles. The molecule has 2 aliphatic rings. The number of benzene rings is 1. The fourth-order valence-electron chi connectivity index (χ4n) is 6.40. The molecule has 2 aromatic rings. The van der Waals surface area contributed by atoms with Crippen LogP contribution in [0.3, 0.4) is 0 Å². The van der Waals surface area contributed by atoms with Gasteiger partial charge in [-0.25, -0.2) is 9.49 Å². The molecule has 1 fully saturated rings. The van der Waals surface area contributed by atoms with Gasteiger partial charge in [-0.2, -0.15) is 5.10 Å². The predicted octanol–water partition coefficient (Wildman–Crippen LogP) is 4.14. The zero-order valence-electron chi connectivity index (χ0n) is 26.0. The van der Waals surface area contributed by atoms with Gasteiger partial charge in [0.15, 0.2) is 0 Å². The molecule has 43 heavy (non-hydrogen) atoms. The van der Waals surface area contributed by atoms with E-state index in [2.05, 4.69) is 15.5 Å². The molecule has 9 nitrogen and oxygen atoms in total. The molecular formula is C33H42FN5O4. The third kappa shape index (κ3) is 6.78. The highest BCUT2D eigenvalue weighted by Crippen LogP contribution is 2.44. The molecule has 1 saturated heterocycles. The number of halogens is 1.